The number of rotatable bonds is 6. The van der Waals surface area contributed by atoms with Gasteiger partial charge in [-0.05, 0) is 25.5 Å². The predicted octanol–water partition coefficient (Wildman–Crippen LogP) is 1.73. The highest BCUT2D eigenvalue weighted by molar-refractivity contribution is 5.77. The number of nitrogens with one attached hydrogen (secondary N) is 1. The lowest BCUT2D eigenvalue weighted by molar-refractivity contribution is -0.122. The van der Waals surface area contributed by atoms with Crippen LogP contribution in [0.15, 0.2) is 30.9 Å². The first-order chi connectivity index (χ1) is 8.54. The fraction of sp³-hybridized carbons (Fsp3) is 0.357. The lowest BCUT2D eigenvalue weighted by atomic mass is 10.1. The summed E-state index contributed by atoms with van der Waals surface area (Å²) in [5, 5.41) is 12.2. The topological polar surface area (TPSA) is 58.6 Å². The van der Waals surface area contributed by atoms with Gasteiger partial charge in [0.2, 0.25) is 0 Å². The third kappa shape index (κ3) is 4.22. The number of hydrogen-bond acceptors (Lipinski definition) is 3. The average Bonchev–Trinajstić information content (AvgIpc) is 2.33. The van der Waals surface area contributed by atoms with Gasteiger partial charge in [0.1, 0.15) is 5.75 Å². The molecule has 1 aromatic carbocycles. The van der Waals surface area contributed by atoms with Crippen molar-refractivity contribution in [2.45, 2.75) is 20.0 Å². The zero-order valence-corrected chi connectivity index (χ0v) is 10.8. The molecule has 98 valence electrons. The Balaban J connectivity index is 2.68. The van der Waals surface area contributed by atoms with Gasteiger partial charge >= 0.3 is 0 Å². The second-order valence-electron chi connectivity index (χ2n) is 4.10. The van der Waals surface area contributed by atoms with Gasteiger partial charge < -0.3 is 15.2 Å². The van der Waals surface area contributed by atoms with Crippen molar-refractivity contribution in [1.82, 2.24) is 5.32 Å². The third-order valence-corrected chi connectivity index (χ3v) is 2.42. The number of carbonyl (C=O) groups is 1. The first-order valence-electron chi connectivity index (χ1n) is 5.83. The molecule has 0 aliphatic carbocycles. The Morgan fingerprint density at radius 2 is 2.33 bits per heavy atom. The Kier molecular flexibility index (Phi) is 5.39. The van der Waals surface area contributed by atoms with Gasteiger partial charge in [0.15, 0.2) is 6.61 Å². The zero-order valence-electron chi connectivity index (χ0n) is 10.8. The molecule has 0 unspecified atom stereocenters. The fourth-order valence-corrected chi connectivity index (χ4v) is 1.49. The van der Waals surface area contributed by atoms with Gasteiger partial charge in [-0.3, -0.25) is 4.79 Å². The summed E-state index contributed by atoms with van der Waals surface area (Å²) in [7, 11) is 0. The van der Waals surface area contributed by atoms with Crippen molar-refractivity contribution >= 4 is 5.91 Å². The van der Waals surface area contributed by atoms with E-state index in [0.29, 0.717) is 17.9 Å². The van der Waals surface area contributed by atoms with Gasteiger partial charge in [0.25, 0.3) is 5.91 Å². The van der Waals surface area contributed by atoms with Crippen molar-refractivity contribution in [3.8, 4) is 5.75 Å². The number of amides is 1. The van der Waals surface area contributed by atoms with Crippen LogP contribution in [0.5, 0.6) is 5.75 Å². The molecule has 2 N–H and O–H groups in total. The highest BCUT2D eigenvalue weighted by atomic mass is 16.5. The van der Waals surface area contributed by atoms with E-state index in [1.165, 1.54) is 0 Å². The van der Waals surface area contributed by atoms with Crippen molar-refractivity contribution in [1.29, 1.82) is 0 Å². The van der Waals surface area contributed by atoms with E-state index in [1.807, 2.05) is 19.1 Å². The van der Waals surface area contributed by atoms with Crippen molar-refractivity contribution in [2.24, 2.45) is 0 Å². The quantitative estimate of drug-likeness (QED) is 0.755. The molecular formula is C14H19NO3. The SMILES string of the molecule is C=CCNC(=O)COc1cc(C)ccc1[C@H](C)O. The largest absolute Gasteiger partial charge is 0.483 e. The molecule has 18 heavy (non-hydrogen) atoms. The fourth-order valence-electron chi connectivity index (χ4n) is 1.49. The maximum absolute atomic E-state index is 11.4. The van der Waals surface area contributed by atoms with Crippen molar-refractivity contribution in [2.75, 3.05) is 13.2 Å². The normalized spacial score (nSPS) is 11.7. The Labute approximate surface area is 107 Å². The minimum Gasteiger partial charge on any atom is -0.483 e. The lowest BCUT2D eigenvalue weighted by Gasteiger charge is -2.14. The summed E-state index contributed by atoms with van der Waals surface area (Å²) in [5.41, 5.74) is 1.69. The highest BCUT2D eigenvalue weighted by Gasteiger charge is 2.10. The van der Waals surface area contributed by atoms with E-state index < -0.39 is 6.10 Å². The molecule has 1 aromatic rings. The van der Waals surface area contributed by atoms with Crippen molar-refractivity contribution < 1.29 is 14.6 Å². The Hall–Kier alpha value is -1.81. The number of benzene rings is 1. The number of carbonyl (C=O) groups excluding carboxylic acids is 1. The summed E-state index contributed by atoms with van der Waals surface area (Å²) < 4.78 is 5.43. The highest BCUT2D eigenvalue weighted by Crippen LogP contribution is 2.26. The Bertz CT molecular complexity index is 427. The second-order valence-corrected chi connectivity index (χ2v) is 4.10. The predicted molar refractivity (Wildman–Crippen MR) is 70.5 cm³/mol. The molecule has 0 aliphatic heterocycles. The summed E-state index contributed by atoms with van der Waals surface area (Å²) in [4.78, 5) is 11.4. The zero-order chi connectivity index (χ0) is 13.5. The van der Waals surface area contributed by atoms with Crippen LogP contribution in [0.25, 0.3) is 0 Å². The minimum atomic E-state index is -0.628. The molecule has 1 rings (SSSR count). The molecule has 0 heterocycles. The number of ether oxygens (including phenoxy) is 1. The first-order valence-corrected chi connectivity index (χ1v) is 5.83. The van der Waals surface area contributed by atoms with Gasteiger partial charge in [-0.2, -0.15) is 0 Å². The van der Waals surface area contributed by atoms with Gasteiger partial charge in [-0.1, -0.05) is 18.2 Å². The smallest absolute Gasteiger partial charge is 0.258 e. The number of aliphatic hydroxyl groups excluding tert-OH is 1. The van der Waals surface area contributed by atoms with Crippen LogP contribution in [-0.4, -0.2) is 24.2 Å². The van der Waals surface area contributed by atoms with Crippen LogP contribution in [0.3, 0.4) is 0 Å². The van der Waals surface area contributed by atoms with E-state index in [0.717, 1.165) is 5.56 Å². The molecule has 1 atom stereocenters. The van der Waals surface area contributed by atoms with E-state index in [9.17, 15) is 9.90 Å². The summed E-state index contributed by atoms with van der Waals surface area (Å²) in [6.07, 6.45) is 0.975. The molecule has 0 bridgehead atoms. The van der Waals surface area contributed by atoms with Crippen LogP contribution in [0.4, 0.5) is 0 Å². The number of hydrogen-bond donors (Lipinski definition) is 2. The molecule has 0 saturated heterocycles. The van der Waals surface area contributed by atoms with Gasteiger partial charge in [-0.25, -0.2) is 0 Å². The van der Waals surface area contributed by atoms with Gasteiger partial charge in [-0.15, -0.1) is 6.58 Å². The lowest BCUT2D eigenvalue weighted by Crippen LogP contribution is -2.29. The standard InChI is InChI=1S/C14H19NO3/c1-4-7-15-14(17)9-18-13-8-10(2)5-6-12(13)11(3)16/h4-6,8,11,16H,1,7,9H2,2-3H3,(H,15,17)/t11-/m0/s1. The third-order valence-electron chi connectivity index (χ3n) is 2.42. The van der Waals surface area contributed by atoms with Crippen LogP contribution in [0.1, 0.15) is 24.2 Å². The van der Waals surface area contributed by atoms with Crippen molar-refractivity contribution in [3.05, 3.63) is 42.0 Å². The molecule has 0 spiro atoms. The minimum absolute atomic E-state index is 0.0724. The van der Waals surface area contributed by atoms with Crippen LogP contribution in [0.2, 0.25) is 0 Å². The van der Waals surface area contributed by atoms with E-state index in [2.05, 4.69) is 11.9 Å². The van der Waals surface area contributed by atoms with Crippen LogP contribution in [0, 0.1) is 6.92 Å². The van der Waals surface area contributed by atoms with E-state index in [-0.39, 0.29) is 12.5 Å². The Morgan fingerprint density at radius 1 is 1.61 bits per heavy atom. The summed E-state index contributed by atoms with van der Waals surface area (Å²) in [5.74, 6) is 0.326. The molecule has 1 amide bonds. The van der Waals surface area contributed by atoms with Crippen molar-refractivity contribution in [3.63, 3.8) is 0 Å². The van der Waals surface area contributed by atoms with E-state index >= 15 is 0 Å². The van der Waals surface area contributed by atoms with Crippen LogP contribution < -0.4 is 10.1 Å². The molecule has 0 fully saturated rings. The second kappa shape index (κ2) is 6.81. The van der Waals surface area contributed by atoms with E-state index in [1.54, 1.807) is 19.1 Å². The van der Waals surface area contributed by atoms with Crippen LogP contribution >= 0.6 is 0 Å². The molecular weight excluding hydrogens is 230 g/mol. The summed E-state index contributed by atoms with van der Waals surface area (Å²) in [6, 6.07) is 5.51. The molecule has 0 aliphatic rings. The number of aliphatic hydroxyl groups is 1. The summed E-state index contributed by atoms with van der Waals surface area (Å²) >= 11 is 0. The maximum Gasteiger partial charge on any atom is 0.258 e. The molecule has 4 nitrogen and oxygen atoms in total. The molecule has 0 radical (unpaired) electrons. The summed E-state index contributed by atoms with van der Waals surface area (Å²) in [6.45, 7) is 7.44. The average molecular weight is 249 g/mol. The van der Waals surface area contributed by atoms with Gasteiger partial charge in [0, 0.05) is 12.1 Å². The molecule has 0 saturated carbocycles. The molecule has 4 heteroatoms. The molecule has 0 aromatic heterocycles. The first kappa shape index (κ1) is 14.3. The monoisotopic (exact) mass is 249 g/mol. The van der Waals surface area contributed by atoms with Gasteiger partial charge in [0.05, 0.1) is 6.10 Å². The number of aryl methyl sites for hydroxylation is 1. The maximum atomic E-state index is 11.4. The van der Waals surface area contributed by atoms with Crippen LogP contribution in [-0.2, 0) is 4.79 Å². The van der Waals surface area contributed by atoms with E-state index in [4.69, 9.17) is 4.74 Å². The Morgan fingerprint density at radius 3 is 2.94 bits per heavy atom.